The fraction of sp³-hybridized carbons (Fsp3) is 0.290. The van der Waals surface area contributed by atoms with Crippen molar-refractivity contribution in [3.63, 3.8) is 0 Å². The Bertz CT molecular complexity index is 1400. The summed E-state index contributed by atoms with van der Waals surface area (Å²) in [6.45, 7) is 4.90. The number of carbonyl (C=O) groups is 2. The van der Waals surface area contributed by atoms with E-state index in [0.717, 1.165) is 59.2 Å². The van der Waals surface area contributed by atoms with Crippen molar-refractivity contribution in [3.05, 3.63) is 101 Å². The first-order valence-corrected chi connectivity index (χ1v) is 12.9. The molecule has 5 nitrogen and oxygen atoms in total. The Balaban J connectivity index is 1.35. The molecule has 0 radical (unpaired) electrons. The van der Waals surface area contributed by atoms with Gasteiger partial charge in [0.05, 0.1) is 0 Å². The van der Waals surface area contributed by atoms with Crippen molar-refractivity contribution >= 4 is 28.2 Å². The smallest absolute Gasteiger partial charge is 0.252 e. The van der Waals surface area contributed by atoms with Crippen LogP contribution >= 0.6 is 0 Å². The SMILES string of the molecule is CC1=C(C(=O)N2CCN(c3ccccc3)CC2)C(c2ccc3ccccc3c2)C2=C(CCCC2=O)N1. The van der Waals surface area contributed by atoms with Gasteiger partial charge in [-0.1, -0.05) is 60.7 Å². The average Bonchev–Trinajstić information content (AvgIpc) is 2.92. The first-order chi connectivity index (χ1) is 17.6. The van der Waals surface area contributed by atoms with Gasteiger partial charge >= 0.3 is 0 Å². The zero-order chi connectivity index (χ0) is 24.6. The molecule has 0 aromatic heterocycles. The molecule has 3 aliphatic rings. The van der Waals surface area contributed by atoms with Gasteiger partial charge in [0.25, 0.3) is 5.91 Å². The van der Waals surface area contributed by atoms with Gasteiger partial charge in [-0.3, -0.25) is 9.59 Å². The highest BCUT2D eigenvalue weighted by molar-refractivity contribution is 6.05. The number of nitrogens with zero attached hydrogens (tertiary/aromatic N) is 2. The summed E-state index contributed by atoms with van der Waals surface area (Å²) in [5.41, 5.74) is 5.57. The van der Waals surface area contributed by atoms with Crippen molar-refractivity contribution in [1.82, 2.24) is 10.2 Å². The quantitative estimate of drug-likeness (QED) is 0.566. The van der Waals surface area contributed by atoms with Crippen LogP contribution < -0.4 is 10.2 Å². The monoisotopic (exact) mass is 477 g/mol. The highest BCUT2D eigenvalue weighted by Crippen LogP contribution is 2.43. The number of ketones is 1. The number of para-hydroxylation sites is 1. The lowest BCUT2D eigenvalue weighted by Gasteiger charge is -2.40. The number of amides is 1. The Morgan fingerprint density at radius 1 is 0.861 bits per heavy atom. The van der Waals surface area contributed by atoms with Gasteiger partial charge in [-0.05, 0) is 48.2 Å². The minimum absolute atomic E-state index is 0.0378. The molecular weight excluding hydrogens is 446 g/mol. The van der Waals surface area contributed by atoms with Crippen LogP contribution in [0.3, 0.4) is 0 Å². The predicted octanol–water partition coefficient (Wildman–Crippen LogP) is 5.16. The Morgan fingerprint density at radius 3 is 2.36 bits per heavy atom. The molecule has 5 heteroatoms. The Hall–Kier alpha value is -3.86. The zero-order valence-electron chi connectivity index (χ0n) is 20.7. The molecule has 3 aromatic rings. The van der Waals surface area contributed by atoms with E-state index in [1.165, 1.54) is 5.69 Å². The molecule has 6 rings (SSSR count). The van der Waals surface area contributed by atoms with Crippen molar-refractivity contribution in [3.8, 4) is 0 Å². The second-order valence-electron chi connectivity index (χ2n) is 9.99. The highest BCUT2D eigenvalue weighted by atomic mass is 16.2. The average molecular weight is 478 g/mol. The number of anilines is 1. The number of fused-ring (bicyclic) bond motifs is 1. The van der Waals surface area contributed by atoms with Crippen molar-refractivity contribution in [2.24, 2.45) is 0 Å². The number of Topliss-reactive ketones (excluding diaryl/α,β-unsaturated/α-hetero) is 1. The lowest BCUT2D eigenvalue weighted by atomic mass is 9.74. The van der Waals surface area contributed by atoms with Crippen molar-refractivity contribution in [2.75, 3.05) is 31.1 Å². The van der Waals surface area contributed by atoms with E-state index in [1.54, 1.807) is 0 Å². The van der Waals surface area contributed by atoms with Crippen LogP contribution in [0.5, 0.6) is 0 Å². The van der Waals surface area contributed by atoms with Crippen LogP contribution in [0.15, 0.2) is 95.3 Å². The molecule has 1 saturated heterocycles. The normalized spacial score (nSPS) is 20.5. The van der Waals surface area contributed by atoms with Gasteiger partial charge in [0, 0.05) is 66.7 Å². The summed E-state index contributed by atoms with van der Waals surface area (Å²) >= 11 is 0. The molecule has 0 bridgehead atoms. The summed E-state index contributed by atoms with van der Waals surface area (Å²) in [5.74, 6) is -0.136. The first-order valence-electron chi connectivity index (χ1n) is 12.9. The van der Waals surface area contributed by atoms with Gasteiger partial charge in [0.2, 0.25) is 0 Å². The van der Waals surface area contributed by atoms with E-state index in [4.69, 9.17) is 0 Å². The molecule has 1 unspecified atom stereocenters. The molecule has 36 heavy (non-hydrogen) atoms. The van der Waals surface area contributed by atoms with Crippen LogP contribution in [0.4, 0.5) is 5.69 Å². The minimum Gasteiger partial charge on any atom is -0.368 e. The Labute approximate surface area is 212 Å². The van der Waals surface area contributed by atoms with Crippen LogP contribution in [0.2, 0.25) is 0 Å². The number of dihydropyridines is 1. The van der Waals surface area contributed by atoms with Gasteiger partial charge in [-0.2, -0.15) is 0 Å². The van der Waals surface area contributed by atoms with Crippen LogP contribution in [0.25, 0.3) is 10.8 Å². The highest BCUT2D eigenvalue weighted by Gasteiger charge is 2.40. The second kappa shape index (κ2) is 9.30. The molecule has 2 heterocycles. The number of allylic oxidation sites excluding steroid dienone is 3. The van der Waals surface area contributed by atoms with E-state index in [0.29, 0.717) is 25.1 Å². The molecule has 0 spiro atoms. The third kappa shape index (κ3) is 3.98. The van der Waals surface area contributed by atoms with Gasteiger partial charge < -0.3 is 15.1 Å². The number of carbonyl (C=O) groups excluding carboxylic acids is 2. The number of nitrogens with one attached hydrogen (secondary N) is 1. The van der Waals surface area contributed by atoms with Gasteiger partial charge in [-0.15, -0.1) is 0 Å². The number of rotatable bonds is 3. The fourth-order valence-corrected chi connectivity index (χ4v) is 5.96. The first kappa shape index (κ1) is 22.6. The number of hydrogen-bond acceptors (Lipinski definition) is 4. The lowest BCUT2D eigenvalue weighted by molar-refractivity contribution is -0.127. The molecule has 0 saturated carbocycles. The van der Waals surface area contributed by atoms with Gasteiger partial charge in [-0.25, -0.2) is 0 Å². The third-order valence-corrected chi connectivity index (χ3v) is 7.80. The van der Waals surface area contributed by atoms with E-state index in [9.17, 15) is 9.59 Å². The Morgan fingerprint density at radius 2 is 1.58 bits per heavy atom. The zero-order valence-corrected chi connectivity index (χ0v) is 20.7. The molecule has 2 aliphatic heterocycles. The van der Waals surface area contributed by atoms with Crippen molar-refractivity contribution in [2.45, 2.75) is 32.1 Å². The lowest BCUT2D eigenvalue weighted by Crippen LogP contribution is -2.50. The van der Waals surface area contributed by atoms with Gasteiger partial charge in [0.1, 0.15) is 0 Å². The van der Waals surface area contributed by atoms with Crippen LogP contribution in [0.1, 0.15) is 37.7 Å². The molecule has 1 N–H and O–H groups in total. The predicted molar refractivity (Wildman–Crippen MR) is 144 cm³/mol. The summed E-state index contributed by atoms with van der Waals surface area (Å²) in [7, 11) is 0. The number of hydrogen-bond donors (Lipinski definition) is 1. The van der Waals surface area contributed by atoms with E-state index >= 15 is 0 Å². The maximum absolute atomic E-state index is 14.1. The summed E-state index contributed by atoms with van der Waals surface area (Å²) in [5, 5.41) is 5.75. The maximum atomic E-state index is 14.1. The number of benzene rings is 3. The van der Waals surface area contributed by atoms with Crippen LogP contribution in [-0.4, -0.2) is 42.8 Å². The molecule has 1 amide bonds. The summed E-state index contributed by atoms with van der Waals surface area (Å²) in [6.07, 6.45) is 2.24. The van der Waals surface area contributed by atoms with E-state index in [1.807, 2.05) is 30.0 Å². The topological polar surface area (TPSA) is 52.7 Å². The molecule has 3 aromatic carbocycles. The van der Waals surface area contributed by atoms with E-state index in [2.05, 4.69) is 64.8 Å². The molecule has 1 aliphatic carbocycles. The second-order valence-corrected chi connectivity index (χ2v) is 9.99. The number of piperazine rings is 1. The summed E-state index contributed by atoms with van der Waals surface area (Å²) in [4.78, 5) is 31.7. The maximum Gasteiger partial charge on any atom is 0.252 e. The Kier molecular flexibility index (Phi) is 5.84. The summed E-state index contributed by atoms with van der Waals surface area (Å²) in [6, 6.07) is 25.0. The molecule has 1 fully saturated rings. The third-order valence-electron chi connectivity index (χ3n) is 7.80. The van der Waals surface area contributed by atoms with Crippen LogP contribution in [0, 0.1) is 0 Å². The van der Waals surface area contributed by atoms with Crippen molar-refractivity contribution in [1.29, 1.82) is 0 Å². The molecular formula is C31H31N3O2. The largest absolute Gasteiger partial charge is 0.368 e. The summed E-state index contributed by atoms with van der Waals surface area (Å²) < 4.78 is 0. The van der Waals surface area contributed by atoms with Gasteiger partial charge in [0.15, 0.2) is 5.78 Å². The van der Waals surface area contributed by atoms with E-state index < -0.39 is 0 Å². The van der Waals surface area contributed by atoms with E-state index in [-0.39, 0.29) is 17.6 Å². The van der Waals surface area contributed by atoms with Crippen LogP contribution in [-0.2, 0) is 9.59 Å². The van der Waals surface area contributed by atoms with Crippen molar-refractivity contribution < 1.29 is 9.59 Å². The standard InChI is InChI=1S/C31H31N3O2/c1-21-28(31(36)34-18-16-33(17-19-34)25-10-3-2-4-11-25)29(30-26(32-21)12-7-13-27(30)35)24-15-14-22-8-5-6-9-23(22)20-24/h2-6,8-11,14-15,20,29,32H,7,12-13,16-19H2,1H3. The minimum atomic E-state index is -0.335. The molecule has 182 valence electrons. The molecule has 1 atom stereocenters. The fourth-order valence-electron chi connectivity index (χ4n) is 5.96.